The molecule has 0 fully saturated rings. The lowest BCUT2D eigenvalue weighted by Crippen LogP contribution is -2.10. The van der Waals surface area contributed by atoms with E-state index in [1.165, 1.54) is 7.11 Å². The van der Waals surface area contributed by atoms with Crippen molar-refractivity contribution < 1.29 is 14.3 Å². The van der Waals surface area contributed by atoms with Crippen molar-refractivity contribution in [1.29, 1.82) is 5.26 Å². The first-order valence-corrected chi connectivity index (χ1v) is 6.91. The van der Waals surface area contributed by atoms with Gasteiger partial charge < -0.3 is 15.2 Å². The summed E-state index contributed by atoms with van der Waals surface area (Å²) >= 11 is 0. The fraction of sp³-hybridized carbons (Fsp3) is 0.500. The van der Waals surface area contributed by atoms with Crippen LogP contribution in [0.3, 0.4) is 0 Å². The summed E-state index contributed by atoms with van der Waals surface area (Å²) in [4.78, 5) is 11.8. The fourth-order valence-electron chi connectivity index (χ4n) is 1.83. The van der Waals surface area contributed by atoms with E-state index >= 15 is 0 Å². The number of carbonyl (C=O) groups is 1. The Hall–Kier alpha value is -2.22. The fourth-order valence-corrected chi connectivity index (χ4v) is 1.83. The van der Waals surface area contributed by atoms with Crippen LogP contribution in [-0.2, 0) is 4.74 Å². The summed E-state index contributed by atoms with van der Waals surface area (Å²) in [6.45, 7) is 4.14. The monoisotopic (exact) mass is 290 g/mol. The highest BCUT2D eigenvalue weighted by Gasteiger charge is 2.16. The molecule has 5 heteroatoms. The Morgan fingerprint density at radius 3 is 2.67 bits per heavy atom. The quantitative estimate of drug-likeness (QED) is 0.473. The lowest BCUT2D eigenvalue weighted by atomic mass is 9.89. The Morgan fingerprint density at radius 1 is 1.38 bits per heavy atom. The third-order valence-corrected chi connectivity index (χ3v) is 3.20. The van der Waals surface area contributed by atoms with Crippen molar-refractivity contribution >= 4 is 11.7 Å². The summed E-state index contributed by atoms with van der Waals surface area (Å²) in [6, 6.07) is 7.05. The first kappa shape index (κ1) is 16.8. The van der Waals surface area contributed by atoms with Crippen LogP contribution in [-0.4, -0.2) is 19.7 Å². The molecule has 0 aliphatic carbocycles. The number of rotatable bonds is 7. The third kappa shape index (κ3) is 5.35. The van der Waals surface area contributed by atoms with Crippen molar-refractivity contribution in [2.24, 2.45) is 5.41 Å². The Kier molecular flexibility index (Phi) is 6.04. The van der Waals surface area contributed by atoms with Gasteiger partial charge in [0, 0.05) is 0 Å². The molecule has 0 aromatic heterocycles. The highest BCUT2D eigenvalue weighted by Crippen LogP contribution is 2.23. The molecular formula is C16H22N2O3. The highest BCUT2D eigenvalue weighted by atomic mass is 16.5. The number of nitrogen functional groups attached to an aromatic ring is 1. The number of anilines is 1. The van der Waals surface area contributed by atoms with Crippen LogP contribution in [0.25, 0.3) is 0 Å². The number of esters is 1. The summed E-state index contributed by atoms with van der Waals surface area (Å²) in [5.74, 6) is 0.134. The Labute approximate surface area is 125 Å². The molecule has 1 aromatic rings. The molecule has 0 unspecified atom stereocenters. The van der Waals surface area contributed by atoms with E-state index in [0.717, 1.165) is 19.3 Å². The van der Waals surface area contributed by atoms with E-state index in [4.69, 9.17) is 20.5 Å². The number of nitriles is 1. The molecule has 1 aromatic carbocycles. The van der Waals surface area contributed by atoms with E-state index in [-0.39, 0.29) is 5.41 Å². The molecule has 0 saturated heterocycles. The number of hydrogen-bond acceptors (Lipinski definition) is 5. The minimum Gasteiger partial charge on any atom is -0.495 e. The van der Waals surface area contributed by atoms with Gasteiger partial charge in [0.1, 0.15) is 5.75 Å². The molecule has 0 radical (unpaired) electrons. The smallest absolute Gasteiger partial charge is 0.338 e. The van der Waals surface area contributed by atoms with Crippen molar-refractivity contribution in [3.8, 4) is 11.8 Å². The second kappa shape index (κ2) is 7.53. The number of nitrogens with two attached hydrogens (primary N) is 1. The molecule has 0 aliphatic rings. The molecule has 0 spiro atoms. The van der Waals surface area contributed by atoms with E-state index in [1.54, 1.807) is 18.2 Å². The maximum atomic E-state index is 11.8. The molecule has 0 aliphatic heterocycles. The second-order valence-electron chi connectivity index (χ2n) is 5.55. The van der Waals surface area contributed by atoms with Gasteiger partial charge in [-0.1, -0.05) is 0 Å². The number of methoxy groups -OCH3 is 1. The summed E-state index contributed by atoms with van der Waals surface area (Å²) < 4.78 is 10.2. The number of ether oxygens (including phenoxy) is 2. The van der Waals surface area contributed by atoms with Gasteiger partial charge >= 0.3 is 5.97 Å². The van der Waals surface area contributed by atoms with E-state index in [2.05, 4.69) is 6.07 Å². The number of nitrogens with zero attached hydrogens (tertiary/aromatic N) is 1. The van der Waals surface area contributed by atoms with E-state index in [9.17, 15) is 4.79 Å². The highest BCUT2D eigenvalue weighted by molar-refractivity contribution is 5.91. The number of carbonyl (C=O) groups excluding carboxylic acids is 1. The first-order chi connectivity index (χ1) is 9.89. The molecule has 0 atom stereocenters. The minimum absolute atomic E-state index is 0.325. The van der Waals surface area contributed by atoms with Gasteiger partial charge in [-0.05, 0) is 51.3 Å². The minimum atomic E-state index is -0.399. The zero-order chi connectivity index (χ0) is 15.9. The van der Waals surface area contributed by atoms with Crippen molar-refractivity contribution in [2.75, 3.05) is 19.5 Å². The SMILES string of the molecule is COc1ccc(C(=O)OCCCCC(C)(C)C#N)cc1N. The van der Waals surface area contributed by atoms with Crippen molar-refractivity contribution in [1.82, 2.24) is 0 Å². The molecule has 2 N–H and O–H groups in total. The zero-order valence-electron chi connectivity index (χ0n) is 12.8. The lowest BCUT2D eigenvalue weighted by molar-refractivity contribution is 0.0496. The van der Waals surface area contributed by atoms with Crippen LogP contribution >= 0.6 is 0 Å². The van der Waals surface area contributed by atoms with Crippen LogP contribution in [0.4, 0.5) is 5.69 Å². The molecule has 21 heavy (non-hydrogen) atoms. The van der Waals surface area contributed by atoms with Gasteiger partial charge in [0.05, 0.1) is 36.5 Å². The molecule has 0 saturated carbocycles. The lowest BCUT2D eigenvalue weighted by Gasteiger charge is -2.14. The Bertz CT molecular complexity index is 533. The summed E-state index contributed by atoms with van der Waals surface area (Å²) in [7, 11) is 1.52. The van der Waals surface area contributed by atoms with Gasteiger partial charge in [0.2, 0.25) is 0 Å². The van der Waals surface area contributed by atoms with Crippen LogP contribution in [0.5, 0.6) is 5.75 Å². The van der Waals surface area contributed by atoms with Gasteiger partial charge in [-0.25, -0.2) is 4.79 Å². The number of hydrogen-bond donors (Lipinski definition) is 1. The van der Waals surface area contributed by atoms with Gasteiger partial charge in [-0.2, -0.15) is 5.26 Å². The molecule has 0 heterocycles. The molecule has 0 bridgehead atoms. The van der Waals surface area contributed by atoms with Crippen molar-refractivity contribution in [3.05, 3.63) is 23.8 Å². The summed E-state index contributed by atoms with van der Waals surface area (Å²) in [5.41, 5.74) is 6.23. The summed E-state index contributed by atoms with van der Waals surface area (Å²) in [6.07, 6.45) is 2.37. The second-order valence-corrected chi connectivity index (χ2v) is 5.55. The molecular weight excluding hydrogens is 268 g/mol. The van der Waals surface area contributed by atoms with Crippen molar-refractivity contribution in [2.45, 2.75) is 33.1 Å². The van der Waals surface area contributed by atoms with Crippen LogP contribution in [0.2, 0.25) is 0 Å². The average molecular weight is 290 g/mol. The van der Waals surface area contributed by atoms with Crippen LogP contribution in [0, 0.1) is 16.7 Å². The molecule has 5 nitrogen and oxygen atoms in total. The third-order valence-electron chi connectivity index (χ3n) is 3.20. The van der Waals surface area contributed by atoms with Crippen LogP contribution in [0.1, 0.15) is 43.5 Å². The van der Waals surface area contributed by atoms with Gasteiger partial charge in [0.15, 0.2) is 0 Å². The van der Waals surface area contributed by atoms with Crippen LogP contribution < -0.4 is 10.5 Å². The molecule has 1 rings (SSSR count). The predicted octanol–water partition coefficient (Wildman–Crippen LogP) is 3.15. The average Bonchev–Trinajstić information content (AvgIpc) is 2.46. The number of benzene rings is 1. The normalized spacial score (nSPS) is 10.8. The maximum Gasteiger partial charge on any atom is 0.338 e. The molecule has 0 amide bonds. The predicted molar refractivity (Wildman–Crippen MR) is 80.9 cm³/mol. The number of unbranched alkanes of at least 4 members (excludes halogenated alkanes) is 1. The van der Waals surface area contributed by atoms with E-state index in [1.807, 2.05) is 13.8 Å². The zero-order valence-corrected chi connectivity index (χ0v) is 12.8. The van der Waals surface area contributed by atoms with E-state index in [0.29, 0.717) is 23.6 Å². The van der Waals surface area contributed by atoms with Gasteiger partial charge in [-0.3, -0.25) is 0 Å². The van der Waals surface area contributed by atoms with Crippen molar-refractivity contribution in [3.63, 3.8) is 0 Å². The molecule has 114 valence electrons. The summed E-state index contributed by atoms with van der Waals surface area (Å²) in [5, 5.41) is 8.90. The maximum absolute atomic E-state index is 11.8. The Morgan fingerprint density at radius 2 is 2.10 bits per heavy atom. The topological polar surface area (TPSA) is 85.3 Å². The van der Waals surface area contributed by atoms with Gasteiger partial charge in [-0.15, -0.1) is 0 Å². The van der Waals surface area contributed by atoms with Crippen LogP contribution in [0.15, 0.2) is 18.2 Å². The standard InChI is InChI=1S/C16H22N2O3/c1-16(2,11-17)8-4-5-9-21-15(19)12-6-7-14(20-3)13(18)10-12/h6-7,10H,4-5,8-9,18H2,1-3H3. The van der Waals surface area contributed by atoms with E-state index < -0.39 is 5.97 Å². The van der Waals surface area contributed by atoms with Gasteiger partial charge in [0.25, 0.3) is 0 Å². The Balaban J connectivity index is 2.38. The largest absolute Gasteiger partial charge is 0.495 e. The first-order valence-electron chi connectivity index (χ1n) is 6.91.